The molecule has 0 unspecified atom stereocenters. The van der Waals surface area contributed by atoms with E-state index in [1.165, 1.54) is 6.92 Å². The van der Waals surface area contributed by atoms with Crippen LogP contribution in [0.15, 0.2) is 0 Å². The number of hydrogen-bond donors (Lipinski definition) is 1. The molecule has 7 heteroatoms. The Morgan fingerprint density at radius 2 is 1.62 bits per heavy atom. The number of nitrogens with one attached hydrogen (secondary N) is 1. The molecule has 0 saturated carbocycles. The average Bonchev–Trinajstić information content (AvgIpc) is 2.32. The quantitative estimate of drug-likeness (QED) is 0.418. The molecule has 1 N–H and O–H groups in total. The van der Waals surface area contributed by atoms with E-state index in [1.807, 2.05) is 6.92 Å². The summed E-state index contributed by atoms with van der Waals surface area (Å²) in [7, 11) is 0. The lowest BCUT2D eigenvalue weighted by molar-refractivity contribution is -0.176. The van der Waals surface area contributed by atoms with Crippen molar-refractivity contribution in [2.45, 2.75) is 52.9 Å². The van der Waals surface area contributed by atoms with E-state index in [0.29, 0.717) is 13.2 Å². The first-order chi connectivity index (χ1) is 9.64. The third kappa shape index (κ3) is 8.52. The van der Waals surface area contributed by atoms with Crippen molar-refractivity contribution in [3.8, 4) is 0 Å². The Labute approximate surface area is 126 Å². The normalized spacial score (nSPS) is 14.2. The van der Waals surface area contributed by atoms with Crippen molar-refractivity contribution >= 4 is 12.1 Å². The van der Waals surface area contributed by atoms with Crippen LogP contribution < -0.4 is 5.32 Å². The van der Waals surface area contributed by atoms with E-state index in [4.69, 9.17) is 18.9 Å². The van der Waals surface area contributed by atoms with Gasteiger partial charge in [-0.2, -0.15) is 0 Å². The Bertz CT molecular complexity index is 339. The molecular formula is C14H27NO6. The maximum atomic E-state index is 12.0. The Balaban J connectivity index is 4.71. The Morgan fingerprint density at radius 3 is 2.10 bits per heavy atom. The lowest BCUT2D eigenvalue weighted by Gasteiger charge is -2.29. The lowest BCUT2D eigenvalue weighted by atomic mass is 10.2. The van der Waals surface area contributed by atoms with Gasteiger partial charge in [0.05, 0.1) is 19.8 Å². The minimum atomic E-state index is -1.62. The van der Waals surface area contributed by atoms with Crippen molar-refractivity contribution in [1.82, 2.24) is 5.32 Å². The van der Waals surface area contributed by atoms with Crippen LogP contribution in [0.1, 0.15) is 41.5 Å². The third-order valence-electron chi connectivity index (χ3n) is 2.23. The molecule has 0 aliphatic carbocycles. The molecule has 21 heavy (non-hydrogen) atoms. The van der Waals surface area contributed by atoms with E-state index in [2.05, 4.69) is 5.32 Å². The van der Waals surface area contributed by atoms with Gasteiger partial charge in [-0.25, -0.2) is 9.59 Å². The molecule has 0 bridgehead atoms. The molecule has 0 rings (SSSR count). The van der Waals surface area contributed by atoms with Crippen LogP contribution in [0, 0.1) is 0 Å². The molecule has 0 spiro atoms. The first-order valence-corrected chi connectivity index (χ1v) is 7.04. The van der Waals surface area contributed by atoms with Gasteiger partial charge in [-0.3, -0.25) is 5.32 Å². The average molecular weight is 305 g/mol. The molecule has 0 aliphatic rings. The SMILES string of the molecule is CCOCCO[C@@](C)(NC(=O)OC(C)(C)C)C(=O)OCC. The molecule has 0 radical (unpaired) electrons. The van der Waals surface area contributed by atoms with Gasteiger partial charge >= 0.3 is 12.1 Å². The number of carbonyl (C=O) groups is 2. The number of carbonyl (C=O) groups excluding carboxylic acids is 2. The molecule has 0 fully saturated rings. The first kappa shape index (κ1) is 19.7. The van der Waals surface area contributed by atoms with Gasteiger partial charge in [0, 0.05) is 6.61 Å². The van der Waals surface area contributed by atoms with Crippen molar-refractivity contribution in [3.05, 3.63) is 0 Å². The van der Waals surface area contributed by atoms with E-state index in [9.17, 15) is 9.59 Å². The third-order valence-corrected chi connectivity index (χ3v) is 2.23. The van der Waals surface area contributed by atoms with E-state index in [-0.39, 0.29) is 13.2 Å². The second-order valence-corrected chi connectivity index (χ2v) is 5.43. The van der Waals surface area contributed by atoms with Crippen LogP contribution in [-0.4, -0.2) is 49.8 Å². The molecule has 0 aliphatic heterocycles. The maximum absolute atomic E-state index is 12.0. The standard InChI is InChI=1S/C14H27NO6/c1-7-18-9-10-20-14(6,11(16)19-8-2)15-12(17)21-13(3,4)5/h7-10H2,1-6H3,(H,15,17)/t14-/m1/s1. The van der Waals surface area contributed by atoms with Gasteiger partial charge in [0.15, 0.2) is 0 Å². The topological polar surface area (TPSA) is 83.1 Å². The van der Waals surface area contributed by atoms with Crippen molar-refractivity contribution in [2.75, 3.05) is 26.4 Å². The summed E-state index contributed by atoms with van der Waals surface area (Å²) in [6, 6.07) is 0. The molecule has 0 heterocycles. The van der Waals surface area contributed by atoms with Gasteiger partial charge < -0.3 is 18.9 Å². The van der Waals surface area contributed by atoms with Gasteiger partial charge in [-0.15, -0.1) is 0 Å². The zero-order valence-corrected chi connectivity index (χ0v) is 13.8. The van der Waals surface area contributed by atoms with Crippen molar-refractivity contribution in [3.63, 3.8) is 0 Å². The Hall–Kier alpha value is -1.34. The second kappa shape index (κ2) is 8.84. The smallest absolute Gasteiger partial charge is 0.410 e. The number of esters is 1. The monoisotopic (exact) mass is 305 g/mol. The summed E-state index contributed by atoms with van der Waals surface area (Å²) in [5, 5.41) is 2.40. The number of ether oxygens (including phenoxy) is 4. The summed E-state index contributed by atoms with van der Waals surface area (Å²) in [5.41, 5.74) is -2.29. The molecule has 1 atom stereocenters. The lowest BCUT2D eigenvalue weighted by Crippen LogP contribution is -2.56. The van der Waals surface area contributed by atoms with Crippen LogP contribution in [0.4, 0.5) is 4.79 Å². The molecule has 0 aromatic heterocycles. The van der Waals surface area contributed by atoms with Crippen LogP contribution in [-0.2, 0) is 23.7 Å². The van der Waals surface area contributed by atoms with Crippen LogP contribution >= 0.6 is 0 Å². The van der Waals surface area contributed by atoms with E-state index in [0.717, 1.165) is 0 Å². The molecular weight excluding hydrogens is 278 g/mol. The van der Waals surface area contributed by atoms with Crippen LogP contribution in [0.25, 0.3) is 0 Å². The highest BCUT2D eigenvalue weighted by Gasteiger charge is 2.39. The Kier molecular flexibility index (Phi) is 8.27. The van der Waals surface area contributed by atoms with Gasteiger partial charge in [0.1, 0.15) is 5.60 Å². The van der Waals surface area contributed by atoms with Crippen molar-refractivity contribution in [1.29, 1.82) is 0 Å². The van der Waals surface area contributed by atoms with E-state index >= 15 is 0 Å². The van der Waals surface area contributed by atoms with Crippen LogP contribution in [0.3, 0.4) is 0 Å². The molecule has 0 aromatic carbocycles. The van der Waals surface area contributed by atoms with Gasteiger partial charge in [0.2, 0.25) is 5.72 Å². The minimum Gasteiger partial charge on any atom is -0.462 e. The summed E-state index contributed by atoms with van der Waals surface area (Å²) in [6.07, 6.45) is -0.755. The zero-order chi connectivity index (χ0) is 16.5. The van der Waals surface area contributed by atoms with Crippen LogP contribution in [0.5, 0.6) is 0 Å². The van der Waals surface area contributed by atoms with E-state index < -0.39 is 23.4 Å². The summed E-state index contributed by atoms with van der Waals surface area (Å²) >= 11 is 0. The predicted octanol–water partition coefficient (Wildman–Crippen LogP) is 1.84. The predicted molar refractivity (Wildman–Crippen MR) is 76.9 cm³/mol. The fourth-order valence-electron chi connectivity index (χ4n) is 1.36. The summed E-state index contributed by atoms with van der Waals surface area (Å²) in [4.78, 5) is 23.8. The van der Waals surface area contributed by atoms with Crippen molar-refractivity contribution in [2.24, 2.45) is 0 Å². The molecule has 124 valence electrons. The molecule has 0 aromatic rings. The first-order valence-electron chi connectivity index (χ1n) is 7.04. The number of alkyl carbamates (subject to hydrolysis) is 1. The molecule has 1 amide bonds. The van der Waals surface area contributed by atoms with Gasteiger partial charge in [-0.05, 0) is 41.5 Å². The summed E-state index contributed by atoms with van der Waals surface area (Å²) < 4.78 is 20.6. The number of amides is 1. The molecule has 0 saturated heterocycles. The minimum absolute atomic E-state index is 0.138. The summed E-state index contributed by atoms with van der Waals surface area (Å²) in [6.45, 7) is 11.3. The van der Waals surface area contributed by atoms with Crippen LogP contribution in [0.2, 0.25) is 0 Å². The number of rotatable bonds is 8. The highest BCUT2D eigenvalue weighted by molar-refractivity contribution is 5.83. The van der Waals surface area contributed by atoms with Gasteiger partial charge in [-0.1, -0.05) is 0 Å². The zero-order valence-electron chi connectivity index (χ0n) is 13.8. The highest BCUT2D eigenvalue weighted by Crippen LogP contribution is 2.13. The maximum Gasteiger partial charge on any atom is 0.410 e. The highest BCUT2D eigenvalue weighted by atomic mass is 16.6. The van der Waals surface area contributed by atoms with Crippen molar-refractivity contribution < 1.29 is 28.5 Å². The number of hydrogen-bond acceptors (Lipinski definition) is 6. The summed E-state index contributed by atoms with van der Waals surface area (Å²) in [5.74, 6) is -0.688. The molecule has 7 nitrogen and oxygen atoms in total. The second-order valence-electron chi connectivity index (χ2n) is 5.43. The fraction of sp³-hybridized carbons (Fsp3) is 0.857. The largest absolute Gasteiger partial charge is 0.462 e. The Morgan fingerprint density at radius 1 is 1.00 bits per heavy atom. The van der Waals surface area contributed by atoms with Gasteiger partial charge in [0.25, 0.3) is 0 Å². The fourth-order valence-corrected chi connectivity index (χ4v) is 1.36. The van der Waals surface area contributed by atoms with E-state index in [1.54, 1.807) is 27.7 Å².